The number of benzene rings is 1. The van der Waals surface area contributed by atoms with Crippen molar-refractivity contribution in [3.63, 3.8) is 0 Å². The number of hydrazine groups is 1. The van der Waals surface area contributed by atoms with Crippen molar-refractivity contribution >= 4 is 11.4 Å². The number of hydrogen-bond acceptors (Lipinski definition) is 5. The molecule has 3 N–H and O–H groups in total. The number of nitrogens with one attached hydrogen (secondary N) is 1. The molecule has 1 aliphatic carbocycles. The number of nitro groups is 1. The minimum Gasteiger partial charge on any atom is -0.374 e. The van der Waals surface area contributed by atoms with Crippen molar-refractivity contribution < 1.29 is 9.66 Å². The van der Waals surface area contributed by atoms with Crippen LogP contribution in [0, 0.1) is 22.0 Å². The summed E-state index contributed by atoms with van der Waals surface area (Å²) >= 11 is 0. The molecule has 1 aliphatic rings. The number of anilines is 1. The molecule has 2 rings (SSSR count). The maximum absolute atomic E-state index is 10.8. The first-order chi connectivity index (χ1) is 10.0. The lowest BCUT2D eigenvalue weighted by Crippen LogP contribution is -2.26. The van der Waals surface area contributed by atoms with Crippen LogP contribution in [0.1, 0.15) is 38.7 Å². The topological polar surface area (TPSA) is 90.4 Å². The second kappa shape index (κ2) is 6.87. The number of nitrogens with zero attached hydrogens (tertiary/aromatic N) is 1. The molecule has 0 bridgehead atoms. The highest BCUT2D eigenvalue weighted by Crippen LogP contribution is 2.32. The van der Waals surface area contributed by atoms with Gasteiger partial charge in [0.1, 0.15) is 5.69 Å². The largest absolute Gasteiger partial charge is 0.374 e. The molecule has 6 nitrogen and oxygen atoms in total. The number of rotatable bonds is 5. The van der Waals surface area contributed by atoms with Crippen LogP contribution in [0.15, 0.2) is 18.2 Å². The van der Waals surface area contributed by atoms with Crippen LogP contribution in [0.25, 0.3) is 0 Å². The Kier molecular flexibility index (Phi) is 5.14. The van der Waals surface area contributed by atoms with E-state index in [1.54, 1.807) is 12.1 Å². The standard InChI is InChI=1S/C15H23N3O3/c1-10-3-5-13(7-11(10)2)21-9-12-4-6-15(18(19)20)14(8-12)17-16/h4,6,8,10-11,13,17H,3,5,7,9,16H2,1-2H3. The van der Waals surface area contributed by atoms with Gasteiger partial charge < -0.3 is 10.2 Å². The van der Waals surface area contributed by atoms with E-state index in [0.29, 0.717) is 18.2 Å². The van der Waals surface area contributed by atoms with Crippen LogP contribution in [-0.4, -0.2) is 11.0 Å². The molecule has 3 unspecified atom stereocenters. The molecule has 0 spiro atoms. The average molecular weight is 293 g/mol. The molecular formula is C15H23N3O3. The summed E-state index contributed by atoms with van der Waals surface area (Å²) in [6.07, 6.45) is 3.64. The summed E-state index contributed by atoms with van der Waals surface area (Å²) in [6, 6.07) is 4.85. The third-order valence-corrected chi connectivity index (χ3v) is 4.45. The van der Waals surface area contributed by atoms with Gasteiger partial charge in [0.15, 0.2) is 0 Å². The molecule has 0 radical (unpaired) electrons. The zero-order valence-electron chi connectivity index (χ0n) is 12.5. The van der Waals surface area contributed by atoms with Gasteiger partial charge in [0.25, 0.3) is 5.69 Å². The molecule has 3 atom stereocenters. The van der Waals surface area contributed by atoms with Crippen LogP contribution >= 0.6 is 0 Å². The van der Waals surface area contributed by atoms with E-state index in [1.165, 1.54) is 12.5 Å². The molecule has 0 aromatic heterocycles. The fraction of sp³-hybridized carbons (Fsp3) is 0.600. The normalized spacial score (nSPS) is 25.6. The third-order valence-electron chi connectivity index (χ3n) is 4.45. The zero-order chi connectivity index (χ0) is 15.4. The first kappa shape index (κ1) is 15.7. The van der Waals surface area contributed by atoms with E-state index < -0.39 is 4.92 Å². The summed E-state index contributed by atoms with van der Waals surface area (Å²) in [5.74, 6) is 6.78. The molecule has 0 heterocycles. The molecule has 1 fully saturated rings. The molecule has 1 aromatic carbocycles. The Morgan fingerprint density at radius 1 is 1.38 bits per heavy atom. The molecule has 0 aliphatic heterocycles. The summed E-state index contributed by atoms with van der Waals surface area (Å²) in [7, 11) is 0. The molecule has 6 heteroatoms. The second-order valence-electron chi connectivity index (χ2n) is 5.95. The monoisotopic (exact) mass is 293 g/mol. The predicted octanol–water partition coefficient (Wildman–Crippen LogP) is 3.22. The number of nitro benzene ring substituents is 1. The van der Waals surface area contributed by atoms with Crippen LogP contribution in [0.3, 0.4) is 0 Å². The highest BCUT2D eigenvalue weighted by atomic mass is 16.6. The van der Waals surface area contributed by atoms with E-state index in [9.17, 15) is 10.1 Å². The minimum atomic E-state index is -0.454. The predicted molar refractivity (Wildman–Crippen MR) is 81.7 cm³/mol. The van der Waals surface area contributed by atoms with Crippen LogP contribution in [0.2, 0.25) is 0 Å². The van der Waals surface area contributed by atoms with E-state index in [1.807, 2.05) is 0 Å². The maximum Gasteiger partial charge on any atom is 0.293 e. The number of nitrogen functional groups attached to an aromatic ring is 1. The van der Waals surface area contributed by atoms with E-state index in [-0.39, 0.29) is 11.8 Å². The van der Waals surface area contributed by atoms with Gasteiger partial charge >= 0.3 is 0 Å². The summed E-state index contributed by atoms with van der Waals surface area (Å²) in [6.45, 7) is 5.01. The van der Waals surface area contributed by atoms with Crippen LogP contribution in [0.5, 0.6) is 0 Å². The fourth-order valence-corrected chi connectivity index (χ4v) is 2.81. The summed E-state index contributed by atoms with van der Waals surface area (Å²) in [5, 5.41) is 10.8. The van der Waals surface area contributed by atoms with Crippen LogP contribution in [0.4, 0.5) is 11.4 Å². The van der Waals surface area contributed by atoms with Gasteiger partial charge in [-0.1, -0.05) is 13.8 Å². The molecule has 21 heavy (non-hydrogen) atoms. The van der Waals surface area contributed by atoms with E-state index in [0.717, 1.165) is 24.3 Å². The minimum absolute atomic E-state index is 0.0265. The fourth-order valence-electron chi connectivity index (χ4n) is 2.81. The first-order valence-corrected chi connectivity index (χ1v) is 7.36. The third kappa shape index (κ3) is 3.92. The van der Waals surface area contributed by atoms with Gasteiger partial charge in [-0.3, -0.25) is 16.0 Å². The van der Waals surface area contributed by atoms with Gasteiger partial charge in [-0.05, 0) is 48.8 Å². The number of ether oxygens (including phenoxy) is 1. The molecule has 1 aromatic rings. The van der Waals surface area contributed by atoms with Crippen molar-refractivity contribution in [2.45, 2.75) is 45.8 Å². The summed E-state index contributed by atoms with van der Waals surface area (Å²) in [5.41, 5.74) is 3.54. The Morgan fingerprint density at radius 2 is 2.14 bits per heavy atom. The van der Waals surface area contributed by atoms with Gasteiger partial charge in [-0.15, -0.1) is 0 Å². The molecule has 116 valence electrons. The molecule has 1 saturated carbocycles. The van der Waals surface area contributed by atoms with E-state index in [4.69, 9.17) is 10.6 Å². The lowest BCUT2D eigenvalue weighted by molar-refractivity contribution is -0.384. The van der Waals surface area contributed by atoms with E-state index >= 15 is 0 Å². The van der Waals surface area contributed by atoms with Crippen molar-refractivity contribution in [3.05, 3.63) is 33.9 Å². The van der Waals surface area contributed by atoms with Gasteiger partial charge in [0.05, 0.1) is 17.6 Å². The highest BCUT2D eigenvalue weighted by molar-refractivity contribution is 5.61. The van der Waals surface area contributed by atoms with Crippen molar-refractivity contribution in [1.29, 1.82) is 0 Å². The second-order valence-corrected chi connectivity index (χ2v) is 5.95. The Labute approximate surface area is 124 Å². The van der Waals surface area contributed by atoms with Crippen molar-refractivity contribution in [3.8, 4) is 0 Å². The quantitative estimate of drug-likeness (QED) is 0.494. The Morgan fingerprint density at radius 3 is 2.76 bits per heavy atom. The SMILES string of the molecule is CC1CCC(OCc2ccc([N+](=O)[O-])c(NN)c2)CC1C. The van der Waals surface area contributed by atoms with E-state index in [2.05, 4.69) is 19.3 Å². The first-order valence-electron chi connectivity index (χ1n) is 7.36. The highest BCUT2D eigenvalue weighted by Gasteiger charge is 2.25. The molecular weight excluding hydrogens is 270 g/mol. The zero-order valence-corrected chi connectivity index (χ0v) is 12.5. The lowest BCUT2D eigenvalue weighted by Gasteiger charge is -2.32. The Hall–Kier alpha value is -1.66. The van der Waals surface area contributed by atoms with Gasteiger partial charge in [-0.2, -0.15) is 0 Å². The van der Waals surface area contributed by atoms with Crippen LogP contribution in [-0.2, 0) is 11.3 Å². The maximum atomic E-state index is 10.8. The van der Waals surface area contributed by atoms with Crippen molar-refractivity contribution in [2.75, 3.05) is 5.43 Å². The molecule has 0 saturated heterocycles. The number of hydrogen-bond donors (Lipinski definition) is 2. The lowest BCUT2D eigenvalue weighted by atomic mass is 9.80. The number of nitrogens with two attached hydrogens (primary N) is 1. The van der Waals surface area contributed by atoms with Gasteiger partial charge in [0.2, 0.25) is 0 Å². The summed E-state index contributed by atoms with van der Waals surface area (Å²) in [4.78, 5) is 10.4. The van der Waals surface area contributed by atoms with Gasteiger partial charge in [-0.25, -0.2) is 0 Å². The summed E-state index contributed by atoms with van der Waals surface area (Å²) < 4.78 is 5.95. The molecule has 0 amide bonds. The van der Waals surface area contributed by atoms with Crippen molar-refractivity contribution in [2.24, 2.45) is 17.7 Å². The van der Waals surface area contributed by atoms with Gasteiger partial charge in [0, 0.05) is 6.07 Å². The van der Waals surface area contributed by atoms with Crippen LogP contribution < -0.4 is 11.3 Å². The Balaban J connectivity index is 1.96. The van der Waals surface area contributed by atoms with Crippen molar-refractivity contribution in [1.82, 2.24) is 0 Å². The average Bonchev–Trinajstić information content (AvgIpc) is 2.48. The smallest absolute Gasteiger partial charge is 0.293 e. The Bertz CT molecular complexity index is 507.